The van der Waals surface area contributed by atoms with Crippen LogP contribution >= 0.6 is 24.0 Å². The third-order valence-electron chi connectivity index (χ3n) is 4.36. The van der Waals surface area contributed by atoms with Crippen LogP contribution in [0.3, 0.4) is 0 Å². The van der Waals surface area contributed by atoms with Crippen molar-refractivity contribution in [3.63, 3.8) is 0 Å². The van der Waals surface area contributed by atoms with E-state index in [0.717, 1.165) is 18.5 Å². The molecule has 0 amide bonds. The Balaban J connectivity index is 0.00000225. The van der Waals surface area contributed by atoms with Gasteiger partial charge in [-0.3, -0.25) is 4.99 Å². The molecule has 3 rings (SSSR count). The normalized spacial score (nSPS) is 15.0. The highest BCUT2D eigenvalue weighted by molar-refractivity contribution is 14.0. The van der Waals surface area contributed by atoms with Gasteiger partial charge >= 0.3 is 0 Å². The summed E-state index contributed by atoms with van der Waals surface area (Å²) in [5.74, 6) is -0.215. The maximum atomic E-state index is 13.6. The number of aliphatic imine (C=N–C) groups is 1. The number of aryl methyl sites for hydroxylation is 1. The van der Waals surface area contributed by atoms with Gasteiger partial charge in [0.1, 0.15) is 11.9 Å². The zero-order valence-corrected chi connectivity index (χ0v) is 16.2. The topological polar surface area (TPSA) is 70.6 Å². The average Bonchev–Trinajstić information content (AvgIpc) is 2.60. The molecule has 0 aliphatic heterocycles. The standard InChI is InChI=1S/C19H22FN3O.HI/c20-16-10-4-3-9-15(16)18(24)12-22-19(21)23-17-11-5-7-13-6-1-2-8-14(13)17;/h3-5,7,9-11,18,24H,1-2,6,8,12H2,(H3,21,22,23);1H. The van der Waals surface area contributed by atoms with Crippen LogP contribution in [0.4, 0.5) is 10.1 Å². The molecule has 6 heteroatoms. The van der Waals surface area contributed by atoms with Crippen LogP contribution in [0.5, 0.6) is 0 Å². The molecule has 134 valence electrons. The van der Waals surface area contributed by atoms with Crippen molar-refractivity contribution in [3.05, 3.63) is 65.0 Å². The van der Waals surface area contributed by atoms with Crippen LogP contribution in [-0.2, 0) is 12.8 Å². The number of guanidine groups is 1. The van der Waals surface area contributed by atoms with E-state index in [0.29, 0.717) is 0 Å². The molecule has 0 saturated carbocycles. The number of halogens is 2. The lowest BCUT2D eigenvalue weighted by atomic mass is 9.90. The van der Waals surface area contributed by atoms with E-state index in [-0.39, 0.29) is 42.0 Å². The van der Waals surface area contributed by atoms with Crippen molar-refractivity contribution in [1.82, 2.24) is 0 Å². The molecule has 1 aliphatic carbocycles. The first-order chi connectivity index (χ1) is 11.6. The lowest BCUT2D eigenvalue weighted by Crippen LogP contribution is -2.25. The first-order valence-corrected chi connectivity index (χ1v) is 8.25. The van der Waals surface area contributed by atoms with Gasteiger partial charge in [-0.05, 0) is 48.9 Å². The van der Waals surface area contributed by atoms with E-state index in [1.807, 2.05) is 12.1 Å². The fourth-order valence-electron chi connectivity index (χ4n) is 3.10. The predicted molar refractivity (Wildman–Crippen MR) is 110 cm³/mol. The minimum Gasteiger partial charge on any atom is -0.386 e. The van der Waals surface area contributed by atoms with E-state index >= 15 is 0 Å². The molecule has 1 atom stereocenters. The minimum absolute atomic E-state index is 0. The molecule has 0 bridgehead atoms. The molecule has 2 aromatic carbocycles. The van der Waals surface area contributed by atoms with Gasteiger partial charge in [0.2, 0.25) is 0 Å². The van der Waals surface area contributed by atoms with Gasteiger partial charge < -0.3 is 16.2 Å². The fraction of sp³-hybridized carbons (Fsp3) is 0.316. The highest BCUT2D eigenvalue weighted by Crippen LogP contribution is 2.27. The highest BCUT2D eigenvalue weighted by atomic mass is 127. The van der Waals surface area contributed by atoms with Crippen LogP contribution in [0.1, 0.15) is 35.6 Å². The van der Waals surface area contributed by atoms with Gasteiger partial charge in [-0.1, -0.05) is 30.3 Å². The Kier molecular flexibility index (Phi) is 7.19. The maximum Gasteiger partial charge on any atom is 0.193 e. The van der Waals surface area contributed by atoms with Crippen molar-refractivity contribution in [2.24, 2.45) is 10.7 Å². The van der Waals surface area contributed by atoms with Crippen LogP contribution in [0.15, 0.2) is 47.5 Å². The molecule has 0 radical (unpaired) electrons. The summed E-state index contributed by atoms with van der Waals surface area (Å²) in [6.07, 6.45) is 3.50. The summed E-state index contributed by atoms with van der Waals surface area (Å²) in [6, 6.07) is 12.3. The smallest absolute Gasteiger partial charge is 0.193 e. The van der Waals surface area contributed by atoms with Crippen molar-refractivity contribution < 1.29 is 9.50 Å². The van der Waals surface area contributed by atoms with Crippen LogP contribution < -0.4 is 11.1 Å². The van der Waals surface area contributed by atoms with Crippen molar-refractivity contribution in [2.45, 2.75) is 31.8 Å². The number of hydrogen-bond donors (Lipinski definition) is 3. The molecular formula is C19H23FIN3O. The van der Waals surface area contributed by atoms with Gasteiger partial charge in [0.25, 0.3) is 0 Å². The molecule has 4 nitrogen and oxygen atoms in total. The molecule has 0 heterocycles. The molecule has 25 heavy (non-hydrogen) atoms. The third-order valence-corrected chi connectivity index (χ3v) is 4.36. The monoisotopic (exact) mass is 455 g/mol. The maximum absolute atomic E-state index is 13.6. The molecule has 4 N–H and O–H groups in total. The minimum atomic E-state index is -1.02. The number of nitrogens with one attached hydrogen (secondary N) is 1. The average molecular weight is 455 g/mol. The number of fused-ring (bicyclic) bond motifs is 1. The van der Waals surface area contributed by atoms with Crippen molar-refractivity contribution in [3.8, 4) is 0 Å². The first-order valence-electron chi connectivity index (χ1n) is 8.25. The van der Waals surface area contributed by atoms with Gasteiger partial charge in [0.15, 0.2) is 5.96 Å². The van der Waals surface area contributed by atoms with E-state index < -0.39 is 11.9 Å². The van der Waals surface area contributed by atoms with E-state index in [1.54, 1.807) is 18.2 Å². The molecule has 0 saturated heterocycles. The second kappa shape index (κ2) is 9.15. The Morgan fingerprint density at radius 1 is 1.16 bits per heavy atom. The second-order valence-corrected chi connectivity index (χ2v) is 6.04. The predicted octanol–water partition coefficient (Wildman–Crippen LogP) is 3.78. The van der Waals surface area contributed by atoms with E-state index in [4.69, 9.17) is 5.73 Å². The lowest BCUT2D eigenvalue weighted by Gasteiger charge is -2.20. The van der Waals surface area contributed by atoms with Gasteiger partial charge in [-0.2, -0.15) is 0 Å². The van der Waals surface area contributed by atoms with E-state index in [2.05, 4.69) is 16.4 Å². The largest absolute Gasteiger partial charge is 0.386 e. The quantitative estimate of drug-likeness (QED) is 0.374. The van der Waals surface area contributed by atoms with Crippen LogP contribution in [0, 0.1) is 5.82 Å². The first kappa shape index (κ1) is 19.7. The van der Waals surface area contributed by atoms with Crippen LogP contribution in [-0.4, -0.2) is 17.6 Å². The number of aliphatic hydroxyl groups is 1. The molecule has 0 fully saturated rings. The number of benzene rings is 2. The van der Waals surface area contributed by atoms with Gasteiger partial charge in [-0.25, -0.2) is 4.39 Å². The number of aliphatic hydroxyl groups excluding tert-OH is 1. The number of anilines is 1. The van der Waals surface area contributed by atoms with E-state index in [9.17, 15) is 9.50 Å². The van der Waals surface area contributed by atoms with Gasteiger partial charge in [0, 0.05) is 11.3 Å². The summed E-state index contributed by atoms with van der Waals surface area (Å²) >= 11 is 0. The Bertz CT molecular complexity index is 751. The number of hydrogen-bond acceptors (Lipinski definition) is 2. The summed E-state index contributed by atoms with van der Waals surface area (Å²) in [6.45, 7) is 0.00872. The molecular weight excluding hydrogens is 432 g/mol. The molecule has 0 aromatic heterocycles. The number of nitrogens with zero attached hydrogens (tertiary/aromatic N) is 1. The van der Waals surface area contributed by atoms with Crippen molar-refractivity contribution in [2.75, 3.05) is 11.9 Å². The van der Waals surface area contributed by atoms with Crippen LogP contribution in [0.2, 0.25) is 0 Å². The summed E-state index contributed by atoms with van der Waals surface area (Å²) in [5, 5.41) is 13.2. The van der Waals surface area contributed by atoms with Gasteiger partial charge in [0.05, 0.1) is 6.54 Å². The summed E-state index contributed by atoms with van der Waals surface area (Å²) in [7, 11) is 0. The van der Waals surface area contributed by atoms with E-state index in [1.165, 1.54) is 30.0 Å². The Morgan fingerprint density at radius 2 is 1.92 bits per heavy atom. The fourth-order valence-corrected chi connectivity index (χ4v) is 3.10. The molecule has 2 aromatic rings. The lowest BCUT2D eigenvalue weighted by molar-refractivity contribution is 0.182. The molecule has 1 unspecified atom stereocenters. The Morgan fingerprint density at radius 3 is 2.72 bits per heavy atom. The number of nitrogens with two attached hydrogens (primary N) is 1. The molecule has 1 aliphatic rings. The number of rotatable bonds is 4. The highest BCUT2D eigenvalue weighted by Gasteiger charge is 2.14. The van der Waals surface area contributed by atoms with Crippen molar-refractivity contribution >= 4 is 35.6 Å². The zero-order chi connectivity index (χ0) is 16.9. The second-order valence-electron chi connectivity index (χ2n) is 6.04. The summed E-state index contributed by atoms with van der Waals surface area (Å²) < 4.78 is 13.6. The Labute approximate surface area is 164 Å². The summed E-state index contributed by atoms with van der Waals surface area (Å²) in [4.78, 5) is 4.15. The zero-order valence-electron chi connectivity index (χ0n) is 13.9. The Hall–Kier alpha value is -1.67. The van der Waals surface area contributed by atoms with Crippen molar-refractivity contribution in [1.29, 1.82) is 0 Å². The SMILES string of the molecule is I.NC(=NCC(O)c1ccccc1F)Nc1cccc2c1CCCC2. The molecule has 0 spiro atoms. The van der Waals surface area contributed by atoms with Gasteiger partial charge in [-0.15, -0.1) is 24.0 Å². The summed E-state index contributed by atoms with van der Waals surface area (Å²) in [5.41, 5.74) is 9.77. The third kappa shape index (κ3) is 4.92. The van der Waals surface area contributed by atoms with Crippen LogP contribution in [0.25, 0.3) is 0 Å².